The highest BCUT2D eigenvalue weighted by molar-refractivity contribution is 5.97. The maximum atomic E-state index is 13.7. The molecule has 0 radical (unpaired) electrons. The maximum Gasteiger partial charge on any atom is 0.326 e. The molecule has 23 heteroatoms. The van der Waals surface area contributed by atoms with E-state index in [0.717, 1.165) is 0 Å². The summed E-state index contributed by atoms with van der Waals surface area (Å²) in [5.41, 5.74) is 6.19. The lowest BCUT2D eigenvalue weighted by atomic mass is 9.96. The zero-order chi connectivity index (χ0) is 49.6. The van der Waals surface area contributed by atoms with E-state index in [2.05, 4.69) is 37.2 Å². The van der Waals surface area contributed by atoms with Crippen molar-refractivity contribution in [2.75, 3.05) is 0 Å². The van der Waals surface area contributed by atoms with Gasteiger partial charge in [-0.15, -0.1) is 0 Å². The van der Waals surface area contributed by atoms with Crippen molar-refractivity contribution in [3.63, 3.8) is 0 Å². The number of amides is 7. The first-order valence-electron chi connectivity index (χ1n) is 21.2. The number of carboxylic acid groups (broad SMARTS) is 4. The number of benzene rings is 1. The first kappa shape index (κ1) is 56.4. The van der Waals surface area contributed by atoms with Gasteiger partial charge >= 0.3 is 23.9 Å². The molecule has 0 spiro atoms. The fraction of sp³-hybridized carbons (Fsp3) is 0.595. The Labute approximate surface area is 376 Å². The predicted octanol–water partition coefficient (Wildman–Crippen LogP) is -1.24. The molecule has 362 valence electrons. The van der Waals surface area contributed by atoms with E-state index in [1.54, 1.807) is 58.0 Å². The fourth-order valence-electron chi connectivity index (χ4n) is 6.10. The third kappa shape index (κ3) is 21.5. The van der Waals surface area contributed by atoms with Crippen LogP contribution in [0, 0.1) is 11.8 Å². The average molecular weight is 921 g/mol. The van der Waals surface area contributed by atoms with Gasteiger partial charge in [0.15, 0.2) is 0 Å². The summed E-state index contributed by atoms with van der Waals surface area (Å²) in [4.78, 5) is 140. The third-order valence-corrected chi connectivity index (χ3v) is 10.0. The van der Waals surface area contributed by atoms with E-state index >= 15 is 0 Å². The zero-order valence-corrected chi connectivity index (χ0v) is 37.4. The minimum absolute atomic E-state index is 0.0476. The Kier molecular flexibility index (Phi) is 24.5. The number of nitrogens with two attached hydrogens (primary N) is 1. The van der Waals surface area contributed by atoms with E-state index in [1.165, 1.54) is 13.8 Å². The van der Waals surface area contributed by atoms with Gasteiger partial charge in [0.1, 0.15) is 42.3 Å². The lowest BCUT2D eigenvalue weighted by Gasteiger charge is -2.28. The highest BCUT2D eigenvalue weighted by Gasteiger charge is 2.35. The van der Waals surface area contributed by atoms with Gasteiger partial charge < -0.3 is 63.4 Å². The van der Waals surface area contributed by atoms with Crippen LogP contribution in [-0.4, -0.2) is 134 Å². The molecular formula is C42H64N8O15. The number of hydrogen-bond donors (Lipinski definition) is 12. The number of carbonyl (C=O) groups excluding carboxylic acids is 7. The van der Waals surface area contributed by atoms with Gasteiger partial charge in [-0.25, -0.2) is 4.79 Å². The summed E-state index contributed by atoms with van der Waals surface area (Å²) in [6.07, 6.45) is -2.98. The highest BCUT2D eigenvalue weighted by atomic mass is 16.4. The summed E-state index contributed by atoms with van der Waals surface area (Å²) in [5.74, 6) is -12.8. The summed E-state index contributed by atoms with van der Waals surface area (Å²) >= 11 is 0. The largest absolute Gasteiger partial charge is 0.481 e. The monoisotopic (exact) mass is 920 g/mol. The first-order valence-corrected chi connectivity index (χ1v) is 21.2. The Hall–Kier alpha value is -6.65. The van der Waals surface area contributed by atoms with Crippen LogP contribution in [0.15, 0.2) is 30.3 Å². The van der Waals surface area contributed by atoms with Crippen LogP contribution in [0.5, 0.6) is 0 Å². The molecule has 0 saturated carbocycles. The second-order valence-corrected chi connectivity index (χ2v) is 16.2. The molecule has 0 fully saturated rings. The lowest BCUT2D eigenvalue weighted by molar-refractivity contribution is -0.142. The summed E-state index contributed by atoms with van der Waals surface area (Å²) in [5, 5.41) is 54.6. The van der Waals surface area contributed by atoms with Gasteiger partial charge in [0.2, 0.25) is 41.4 Å². The van der Waals surface area contributed by atoms with Crippen LogP contribution >= 0.6 is 0 Å². The van der Waals surface area contributed by atoms with Crippen LogP contribution in [0.3, 0.4) is 0 Å². The molecular weight excluding hydrogens is 857 g/mol. The van der Waals surface area contributed by atoms with E-state index in [9.17, 15) is 68.1 Å². The smallest absolute Gasteiger partial charge is 0.326 e. The van der Waals surface area contributed by atoms with Crippen molar-refractivity contribution in [3.8, 4) is 0 Å². The van der Waals surface area contributed by atoms with Crippen LogP contribution < -0.4 is 43.0 Å². The van der Waals surface area contributed by atoms with Gasteiger partial charge in [0, 0.05) is 25.7 Å². The minimum Gasteiger partial charge on any atom is -0.481 e. The quantitative estimate of drug-likeness (QED) is 0.0429. The molecule has 0 aromatic heterocycles. The Morgan fingerprint density at radius 2 is 0.908 bits per heavy atom. The number of carboxylic acids is 4. The van der Waals surface area contributed by atoms with E-state index in [4.69, 9.17) is 10.8 Å². The second-order valence-electron chi connectivity index (χ2n) is 16.2. The molecule has 0 bridgehead atoms. The second kappa shape index (κ2) is 28.2. The van der Waals surface area contributed by atoms with Crippen LogP contribution in [0.1, 0.15) is 98.5 Å². The molecule has 9 atom stereocenters. The van der Waals surface area contributed by atoms with Crippen molar-refractivity contribution in [2.45, 2.75) is 148 Å². The van der Waals surface area contributed by atoms with Crippen LogP contribution in [0.4, 0.5) is 0 Å². The molecule has 7 amide bonds. The Bertz CT molecular complexity index is 1840. The molecule has 1 aromatic rings. The van der Waals surface area contributed by atoms with E-state index in [-0.39, 0.29) is 18.8 Å². The normalized spacial score (nSPS) is 15.1. The van der Waals surface area contributed by atoms with Gasteiger partial charge in [0.25, 0.3) is 0 Å². The van der Waals surface area contributed by atoms with Crippen LogP contribution in [-0.2, 0) is 59.2 Å². The van der Waals surface area contributed by atoms with Crippen molar-refractivity contribution in [1.82, 2.24) is 37.2 Å². The molecule has 0 heterocycles. The van der Waals surface area contributed by atoms with Crippen molar-refractivity contribution in [3.05, 3.63) is 35.9 Å². The van der Waals surface area contributed by atoms with Crippen LogP contribution in [0.25, 0.3) is 0 Å². The summed E-state index contributed by atoms with van der Waals surface area (Å²) in [6.45, 7) is 9.28. The SMILES string of the molecule is CC[C@H](C)[C@H](NC(=O)[C@H](CCC(=O)O)NC(=O)[C@H](C)NC(=O)[C@H](CC(C)C)NC(=O)[C@H](CCC(=O)O)NC(=O)[C@H](CCC(=O)O)NC(=O)[C@H](C)N)C(=O)N[C@@H](Cc1ccccc1)C(=O)O. The van der Waals surface area contributed by atoms with Gasteiger partial charge in [-0.05, 0) is 56.9 Å². The standard InChI is InChI=1S/C42H64N8O15/c1-7-22(4)34(41(63)49-30(42(64)65)20-25-11-9-8-10-12-25)50-39(61)28(15-18-33(55)56)46-36(58)24(6)44-40(62)29(19-21(2)3)48-38(60)27(14-17-32(53)54)47-37(59)26(13-16-31(51)52)45-35(57)23(5)43/h8-12,21-24,26-30,34H,7,13-20,43H2,1-6H3,(H,44,62)(H,45,57)(H,46,58)(H,47,59)(H,48,60)(H,49,63)(H,50,61)(H,51,52)(H,53,54)(H,55,56)(H,64,65)/t22-,23-,24-,26-,27-,28-,29-,30-,34-/m0/s1. The molecule has 1 aromatic carbocycles. The van der Waals surface area contributed by atoms with Crippen molar-refractivity contribution in [1.29, 1.82) is 0 Å². The number of nitrogens with one attached hydrogen (secondary N) is 7. The van der Waals surface area contributed by atoms with Gasteiger partial charge in [0.05, 0.1) is 6.04 Å². The fourth-order valence-corrected chi connectivity index (χ4v) is 6.10. The number of hydrogen-bond acceptors (Lipinski definition) is 12. The Morgan fingerprint density at radius 1 is 0.508 bits per heavy atom. The highest BCUT2D eigenvalue weighted by Crippen LogP contribution is 2.13. The van der Waals surface area contributed by atoms with Gasteiger partial charge in [-0.1, -0.05) is 64.4 Å². The predicted molar refractivity (Wildman–Crippen MR) is 230 cm³/mol. The molecule has 0 aliphatic carbocycles. The molecule has 0 aliphatic heterocycles. The summed E-state index contributed by atoms with van der Waals surface area (Å²) in [6, 6.07) is -2.82. The van der Waals surface area contributed by atoms with Crippen molar-refractivity contribution < 1.29 is 73.2 Å². The molecule has 0 saturated heterocycles. The maximum absolute atomic E-state index is 13.7. The minimum atomic E-state index is -1.62. The van der Waals surface area contributed by atoms with Crippen LogP contribution in [0.2, 0.25) is 0 Å². The molecule has 0 unspecified atom stereocenters. The number of carbonyl (C=O) groups is 11. The third-order valence-electron chi connectivity index (χ3n) is 10.0. The topological polar surface area (TPSA) is 379 Å². The molecule has 0 aliphatic rings. The van der Waals surface area contributed by atoms with E-state index in [1.807, 2.05) is 0 Å². The summed E-state index contributed by atoms with van der Waals surface area (Å²) < 4.78 is 0. The Balaban J connectivity index is 3.28. The lowest BCUT2D eigenvalue weighted by Crippen LogP contribution is -2.60. The average Bonchev–Trinajstić information content (AvgIpc) is 3.22. The van der Waals surface area contributed by atoms with Gasteiger partial charge in [-0.2, -0.15) is 0 Å². The number of rotatable bonds is 30. The molecule has 1 rings (SSSR count). The van der Waals surface area contributed by atoms with E-state index < -0.39 is 158 Å². The van der Waals surface area contributed by atoms with Gasteiger partial charge in [-0.3, -0.25) is 47.9 Å². The molecule has 13 N–H and O–H groups in total. The number of aliphatic carboxylic acids is 4. The van der Waals surface area contributed by atoms with Crippen molar-refractivity contribution in [2.24, 2.45) is 17.6 Å². The molecule has 23 nitrogen and oxygen atoms in total. The first-order chi connectivity index (χ1) is 30.4. The zero-order valence-electron chi connectivity index (χ0n) is 37.4. The van der Waals surface area contributed by atoms with E-state index in [0.29, 0.717) is 12.0 Å². The van der Waals surface area contributed by atoms with Crippen molar-refractivity contribution >= 4 is 65.2 Å². The summed E-state index contributed by atoms with van der Waals surface area (Å²) in [7, 11) is 0. The molecule has 65 heavy (non-hydrogen) atoms. The Morgan fingerprint density at radius 3 is 1.32 bits per heavy atom.